The number of carbonyl (C=O) groups excluding carboxylic acids is 1. The first-order valence-electron chi connectivity index (χ1n) is 6.54. The van der Waals surface area contributed by atoms with Gasteiger partial charge in [-0.05, 0) is 12.1 Å². The number of aromatic nitrogens is 3. The van der Waals surface area contributed by atoms with Crippen molar-refractivity contribution < 1.29 is 14.3 Å². The Labute approximate surface area is 126 Å². The minimum Gasteiger partial charge on any atom is -0.493 e. The average molecular weight is 298 g/mol. The van der Waals surface area contributed by atoms with Gasteiger partial charge in [-0.15, -0.1) is 0 Å². The van der Waals surface area contributed by atoms with E-state index in [9.17, 15) is 4.79 Å². The first kappa shape index (κ1) is 13.9. The SMILES string of the molecule is COc1cc2ncn(C(=O)Nc3ccccn3)c2cc1OC. The smallest absolute Gasteiger partial charge is 0.332 e. The van der Waals surface area contributed by atoms with Gasteiger partial charge in [-0.2, -0.15) is 0 Å². The van der Waals surface area contributed by atoms with Gasteiger partial charge in [-0.1, -0.05) is 6.07 Å². The number of nitrogens with one attached hydrogen (secondary N) is 1. The molecule has 0 radical (unpaired) electrons. The number of nitrogens with zero attached hydrogens (tertiary/aromatic N) is 3. The van der Waals surface area contributed by atoms with Gasteiger partial charge in [-0.3, -0.25) is 9.88 Å². The van der Waals surface area contributed by atoms with E-state index in [1.165, 1.54) is 10.9 Å². The van der Waals surface area contributed by atoms with Crippen LogP contribution in [0.3, 0.4) is 0 Å². The van der Waals surface area contributed by atoms with Gasteiger partial charge in [0.25, 0.3) is 0 Å². The minimum atomic E-state index is -0.353. The zero-order valence-corrected chi connectivity index (χ0v) is 12.1. The van der Waals surface area contributed by atoms with E-state index in [4.69, 9.17) is 9.47 Å². The molecule has 0 aliphatic heterocycles. The monoisotopic (exact) mass is 298 g/mol. The standard InChI is InChI=1S/C15H14N4O3/c1-21-12-7-10-11(8-13(12)22-2)19(9-17-10)15(20)18-14-5-3-4-6-16-14/h3-9H,1-2H3,(H,16,18,20). The van der Waals surface area contributed by atoms with Gasteiger partial charge >= 0.3 is 6.03 Å². The van der Waals surface area contributed by atoms with Crippen LogP contribution in [-0.4, -0.2) is 34.8 Å². The highest BCUT2D eigenvalue weighted by Crippen LogP contribution is 2.31. The Bertz CT molecular complexity index is 814. The highest BCUT2D eigenvalue weighted by atomic mass is 16.5. The number of benzene rings is 1. The summed E-state index contributed by atoms with van der Waals surface area (Å²) < 4.78 is 11.9. The van der Waals surface area contributed by atoms with E-state index < -0.39 is 0 Å². The quantitative estimate of drug-likeness (QED) is 0.804. The van der Waals surface area contributed by atoms with Crippen LogP contribution >= 0.6 is 0 Å². The molecule has 0 fully saturated rings. The molecular formula is C15H14N4O3. The molecule has 7 heteroatoms. The third-order valence-electron chi connectivity index (χ3n) is 3.17. The van der Waals surface area contributed by atoms with Gasteiger partial charge in [0.15, 0.2) is 11.5 Å². The van der Waals surface area contributed by atoms with E-state index in [2.05, 4.69) is 15.3 Å². The second-order valence-corrected chi connectivity index (χ2v) is 4.46. The molecule has 0 atom stereocenters. The molecule has 3 rings (SSSR count). The van der Waals surface area contributed by atoms with Crippen LogP contribution in [-0.2, 0) is 0 Å². The van der Waals surface area contributed by atoms with Crippen molar-refractivity contribution in [3.8, 4) is 11.5 Å². The topological polar surface area (TPSA) is 78.3 Å². The van der Waals surface area contributed by atoms with Crippen molar-refractivity contribution in [3.63, 3.8) is 0 Å². The molecule has 2 heterocycles. The molecule has 3 aromatic rings. The van der Waals surface area contributed by atoms with E-state index in [0.717, 1.165) is 0 Å². The maximum Gasteiger partial charge on any atom is 0.332 e. The van der Waals surface area contributed by atoms with Crippen LogP contribution in [0.5, 0.6) is 11.5 Å². The van der Waals surface area contributed by atoms with Crippen molar-refractivity contribution in [2.75, 3.05) is 19.5 Å². The van der Waals surface area contributed by atoms with Crippen molar-refractivity contribution in [1.29, 1.82) is 0 Å². The van der Waals surface area contributed by atoms with Gasteiger partial charge in [-0.25, -0.2) is 14.8 Å². The second kappa shape index (κ2) is 5.72. The number of fused-ring (bicyclic) bond motifs is 1. The summed E-state index contributed by atoms with van der Waals surface area (Å²) in [6.45, 7) is 0. The Kier molecular flexibility index (Phi) is 3.61. The third-order valence-corrected chi connectivity index (χ3v) is 3.17. The molecule has 2 aromatic heterocycles. The molecule has 1 aromatic carbocycles. The zero-order valence-electron chi connectivity index (χ0n) is 12.1. The van der Waals surface area contributed by atoms with E-state index >= 15 is 0 Å². The minimum absolute atomic E-state index is 0.353. The first-order valence-corrected chi connectivity index (χ1v) is 6.54. The largest absolute Gasteiger partial charge is 0.493 e. The molecule has 0 unspecified atom stereocenters. The van der Waals surface area contributed by atoms with Crippen LogP contribution in [0.4, 0.5) is 10.6 Å². The van der Waals surface area contributed by atoms with Gasteiger partial charge in [0, 0.05) is 18.3 Å². The number of carbonyl (C=O) groups is 1. The van der Waals surface area contributed by atoms with Gasteiger partial charge in [0.1, 0.15) is 12.1 Å². The van der Waals surface area contributed by atoms with Crippen LogP contribution in [0, 0.1) is 0 Å². The number of rotatable bonds is 3. The zero-order chi connectivity index (χ0) is 15.5. The van der Waals surface area contributed by atoms with E-state index in [1.807, 2.05) is 0 Å². The molecule has 22 heavy (non-hydrogen) atoms. The number of hydrogen-bond acceptors (Lipinski definition) is 5. The number of anilines is 1. The molecule has 112 valence electrons. The summed E-state index contributed by atoms with van der Waals surface area (Å²) in [4.78, 5) is 20.6. The maximum absolute atomic E-state index is 12.3. The Balaban J connectivity index is 1.98. The van der Waals surface area contributed by atoms with Crippen molar-refractivity contribution >= 4 is 22.9 Å². The molecule has 1 N–H and O–H groups in total. The molecule has 0 saturated heterocycles. The van der Waals surface area contributed by atoms with Crippen LogP contribution < -0.4 is 14.8 Å². The number of imidazole rings is 1. The van der Waals surface area contributed by atoms with E-state index in [0.29, 0.717) is 28.4 Å². The van der Waals surface area contributed by atoms with Crippen LogP contribution in [0.25, 0.3) is 11.0 Å². The lowest BCUT2D eigenvalue weighted by Crippen LogP contribution is -2.19. The molecule has 0 aliphatic carbocycles. The lowest BCUT2D eigenvalue weighted by atomic mass is 10.2. The Morgan fingerprint density at radius 2 is 1.91 bits per heavy atom. The number of pyridine rings is 1. The van der Waals surface area contributed by atoms with E-state index in [1.54, 1.807) is 50.7 Å². The van der Waals surface area contributed by atoms with Crippen molar-refractivity contribution in [1.82, 2.24) is 14.5 Å². The van der Waals surface area contributed by atoms with Crippen LogP contribution in [0.1, 0.15) is 0 Å². The predicted octanol–water partition coefficient (Wildman–Crippen LogP) is 2.53. The second-order valence-electron chi connectivity index (χ2n) is 4.46. The summed E-state index contributed by atoms with van der Waals surface area (Å²) in [5.74, 6) is 1.56. The van der Waals surface area contributed by atoms with Crippen LogP contribution in [0.2, 0.25) is 0 Å². The fraction of sp³-hybridized carbons (Fsp3) is 0.133. The summed E-state index contributed by atoms with van der Waals surface area (Å²) in [6, 6.07) is 8.36. The van der Waals surface area contributed by atoms with Crippen molar-refractivity contribution in [2.45, 2.75) is 0 Å². The molecule has 1 amide bonds. The summed E-state index contributed by atoms with van der Waals surface area (Å²) in [6.07, 6.45) is 3.05. The highest BCUT2D eigenvalue weighted by Gasteiger charge is 2.14. The fourth-order valence-electron chi connectivity index (χ4n) is 2.10. The van der Waals surface area contributed by atoms with E-state index in [-0.39, 0.29) is 6.03 Å². The normalized spacial score (nSPS) is 10.5. The summed E-state index contributed by atoms with van der Waals surface area (Å²) in [5, 5.41) is 2.70. The fourth-order valence-corrected chi connectivity index (χ4v) is 2.10. The Hall–Kier alpha value is -3.09. The van der Waals surface area contributed by atoms with Gasteiger partial charge < -0.3 is 9.47 Å². The number of methoxy groups -OCH3 is 2. The molecule has 0 aliphatic rings. The summed E-state index contributed by atoms with van der Waals surface area (Å²) >= 11 is 0. The van der Waals surface area contributed by atoms with Crippen molar-refractivity contribution in [3.05, 3.63) is 42.9 Å². The third kappa shape index (κ3) is 2.44. The first-order chi connectivity index (χ1) is 10.7. The molecule has 0 saturated carbocycles. The van der Waals surface area contributed by atoms with Gasteiger partial charge in [0.05, 0.1) is 25.3 Å². The number of ether oxygens (including phenoxy) is 2. The van der Waals surface area contributed by atoms with Gasteiger partial charge in [0.2, 0.25) is 0 Å². The Morgan fingerprint density at radius 3 is 2.59 bits per heavy atom. The molecule has 0 bridgehead atoms. The summed E-state index contributed by atoms with van der Waals surface area (Å²) in [7, 11) is 3.09. The molecule has 7 nitrogen and oxygen atoms in total. The van der Waals surface area contributed by atoms with Crippen LogP contribution in [0.15, 0.2) is 42.9 Å². The highest BCUT2D eigenvalue weighted by molar-refractivity contribution is 5.97. The maximum atomic E-state index is 12.3. The number of amides is 1. The average Bonchev–Trinajstić information content (AvgIpc) is 2.97. The lowest BCUT2D eigenvalue weighted by Gasteiger charge is -2.09. The van der Waals surface area contributed by atoms with Crippen molar-refractivity contribution in [2.24, 2.45) is 0 Å². The molecular weight excluding hydrogens is 284 g/mol. The lowest BCUT2D eigenvalue weighted by molar-refractivity contribution is 0.254. The molecule has 0 spiro atoms. The summed E-state index contributed by atoms with van der Waals surface area (Å²) in [5.41, 5.74) is 1.25. The predicted molar refractivity (Wildman–Crippen MR) is 81.5 cm³/mol. The number of hydrogen-bond donors (Lipinski definition) is 1. The Morgan fingerprint density at radius 1 is 1.14 bits per heavy atom.